The van der Waals surface area contributed by atoms with Gasteiger partial charge in [0.05, 0.1) is 22.1 Å². The lowest BCUT2D eigenvalue weighted by molar-refractivity contribution is 0.880. The number of hydrogen-bond acceptors (Lipinski definition) is 1. The van der Waals surface area contributed by atoms with E-state index < -0.39 is 0 Å². The highest BCUT2D eigenvalue weighted by atomic mass is 127. The van der Waals surface area contributed by atoms with Crippen molar-refractivity contribution in [2.24, 2.45) is 0 Å². The summed E-state index contributed by atoms with van der Waals surface area (Å²) in [5, 5.41) is -0.155. The van der Waals surface area contributed by atoms with Crippen LogP contribution in [0.4, 0.5) is 0 Å². The Kier molecular flexibility index (Phi) is 4.06. The number of rotatable bonds is 2. The van der Waals surface area contributed by atoms with Gasteiger partial charge in [-0.05, 0) is 59.8 Å². The first kappa shape index (κ1) is 14.4. The molecule has 102 valence electrons. The lowest BCUT2D eigenvalue weighted by Crippen LogP contribution is -2.03. The Hall–Kier alpha value is -0.590. The van der Waals surface area contributed by atoms with Gasteiger partial charge in [-0.3, -0.25) is 4.57 Å². The highest BCUT2D eigenvalue weighted by molar-refractivity contribution is 14.1. The summed E-state index contributed by atoms with van der Waals surface area (Å²) in [4.78, 5) is 4.69. The highest BCUT2D eigenvalue weighted by Gasteiger charge is 2.17. The van der Waals surface area contributed by atoms with Crippen molar-refractivity contribution >= 4 is 61.2 Å². The van der Waals surface area contributed by atoms with Crippen LogP contribution in [-0.4, -0.2) is 9.55 Å². The van der Waals surface area contributed by atoms with Crippen LogP contribution in [0.3, 0.4) is 0 Å². The molecule has 1 heterocycles. The van der Waals surface area contributed by atoms with E-state index in [1.807, 2.05) is 31.2 Å². The number of fused-ring (bicyclic) bond motifs is 1. The van der Waals surface area contributed by atoms with E-state index in [4.69, 9.17) is 11.6 Å². The van der Waals surface area contributed by atoms with E-state index in [2.05, 4.69) is 66.3 Å². The molecule has 0 fully saturated rings. The number of aromatic nitrogens is 2. The molecule has 3 aromatic rings. The minimum absolute atomic E-state index is 0.155. The van der Waals surface area contributed by atoms with E-state index in [1.54, 1.807) is 0 Å². The normalized spacial score (nSPS) is 12.8. The Labute approximate surface area is 144 Å². The monoisotopic (exact) mass is 460 g/mol. The van der Waals surface area contributed by atoms with Gasteiger partial charge < -0.3 is 0 Å². The molecule has 1 unspecified atom stereocenters. The average molecular weight is 462 g/mol. The maximum atomic E-state index is 6.32. The van der Waals surface area contributed by atoms with Crippen molar-refractivity contribution in [1.29, 1.82) is 0 Å². The van der Waals surface area contributed by atoms with E-state index in [1.165, 1.54) is 3.57 Å². The Morgan fingerprint density at radius 3 is 2.70 bits per heavy atom. The van der Waals surface area contributed by atoms with Crippen molar-refractivity contribution in [1.82, 2.24) is 9.55 Å². The van der Waals surface area contributed by atoms with E-state index in [-0.39, 0.29) is 5.38 Å². The SMILES string of the molecule is CC(Cl)c1nc2cc(Br)ccc2n1-c1ccccc1I. The van der Waals surface area contributed by atoms with Crippen LogP contribution < -0.4 is 0 Å². The van der Waals surface area contributed by atoms with Crippen LogP contribution in [0, 0.1) is 3.57 Å². The summed E-state index contributed by atoms with van der Waals surface area (Å²) in [5.41, 5.74) is 3.13. The van der Waals surface area contributed by atoms with E-state index in [0.717, 1.165) is 27.0 Å². The van der Waals surface area contributed by atoms with Gasteiger partial charge in [0.15, 0.2) is 0 Å². The molecule has 2 aromatic carbocycles. The molecule has 0 spiro atoms. The molecule has 0 N–H and O–H groups in total. The van der Waals surface area contributed by atoms with Crippen molar-refractivity contribution in [3.05, 3.63) is 56.3 Å². The Morgan fingerprint density at radius 2 is 2.00 bits per heavy atom. The van der Waals surface area contributed by atoms with Crippen molar-refractivity contribution in [2.45, 2.75) is 12.3 Å². The van der Waals surface area contributed by atoms with Gasteiger partial charge in [0.25, 0.3) is 0 Å². The zero-order valence-electron chi connectivity index (χ0n) is 10.6. The van der Waals surface area contributed by atoms with Gasteiger partial charge in [-0.2, -0.15) is 0 Å². The second kappa shape index (κ2) is 5.66. The van der Waals surface area contributed by atoms with Crippen LogP contribution in [0.5, 0.6) is 0 Å². The minimum Gasteiger partial charge on any atom is -0.294 e. The summed E-state index contributed by atoms with van der Waals surface area (Å²) < 4.78 is 4.33. The molecular formula is C15H11BrClIN2. The lowest BCUT2D eigenvalue weighted by Gasteiger charge is -2.12. The van der Waals surface area contributed by atoms with Gasteiger partial charge >= 0.3 is 0 Å². The van der Waals surface area contributed by atoms with Crippen molar-refractivity contribution in [2.75, 3.05) is 0 Å². The van der Waals surface area contributed by atoms with Crippen LogP contribution >= 0.6 is 50.1 Å². The Bertz CT molecular complexity index is 783. The van der Waals surface area contributed by atoms with Gasteiger partial charge in [0.1, 0.15) is 5.82 Å². The molecule has 1 atom stereocenters. The quantitative estimate of drug-likeness (QED) is 0.354. The molecule has 0 bridgehead atoms. The average Bonchev–Trinajstić information content (AvgIpc) is 2.78. The molecule has 0 aliphatic carbocycles. The maximum Gasteiger partial charge on any atom is 0.132 e. The van der Waals surface area contributed by atoms with E-state index >= 15 is 0 Å². The first-order chi connectivity index (χ1) is 9.58. The van der Waals surface area contributed by atoms with E-state index in [9.17, 15) is 0 Å². The van der Waals surface area contributed by atoms with Gasteiger partial charge in [-0.15, -0.1) is 11.6 Å². The van der Waals surface area contributed by atoms with Crippen LogP contribution in [0.15, 0.2) is 46.9 Å². The highest BCUT2D eigenvalue weighted by Crippen LogP contribution is 2.31. The molecule has 0 aliphatic heterocycles. The van der Waals surface area contributed by atoms with Gasteiger partial charge in [-0.1, -0.05) is 28.1 Å². The molecular weight excluding hydrogens is 450 g/mol. The topological polar surface area (TPSA) is 17.8 Å². The Morgan fingerprint density at radius 1 is 1.25 bits per heavy atom. The molecule has 0 amide bonds. The molecule has 0 aliphatic rings. The fourth-order valence-electron chi connectivity index (χ4n) is 2.23. The molecule has 0 radical (unpaired) electrons. The summed E-state index contributed by atoms with van der Waals surface area (Å²) >= 11 is 12.2. The number of halogens is 3. The van der Waals surface area contributed by atoms with Crippen molar-refractivity contribution < 1.29 is 0 Å². The fourth-order valence-corrected chi connectivity index (χ4v) is 3.35. The van der Waals surface area contributed by atoms with E-state index in [0.29, 0.717) is 0 Å². The van der Waals surface area contributed by atoms with Crippen LogP contribution in [0.2, 0.25) is 0 Å². The van der Waals surface area contributed by atoms with Gasteiger partial charge in [-0.25, -0.2) is 4.98 Å². The third kappa shape index (κ3) is 2.49. The number of benzene rings is 2. The summed E-state index contributed by atoms with van der Waals surface area (Å²) in [6.07, 6.45) is 0. The summed E-state index contributed by atoms with van der Waals surface area (Å²) in [6.45, 7) is 1.95. The second-order valence-corrected chi connectivity index (χ2v) is 7.24. The maximum absolute atomic E-state index is 6.32. The second-order valence-electron chi connectivity index (χ2n) is 4.51. The summed E-state index contributed by atoms with van der Waals surface area (Å²) in [5.74, 6) is 0.865. The summed E-state index contributed by atoms with van der Waals surface area (Å²) in [6, 6.07) is 14.4. The molecule has 3 rings (SSSR count). The third-order valence-corrected chi connectivity index (χ3v) is 4.69. The first-order valence-electron chi connectivity index (χ1n) is 6.15. The minimum atomic E-state index is -0.155. The number of hydrogen-bond donors (Lipinski definition) is 0. The zero-order valence-corrected chi connectivity index (χ0v) is 15.1. The molecule has 20 heavy (non-hydrogen) atoms. The number of para-hydroxylation sites is 1. The smallest absolute Gasteiger partial charge is 0.132 e. The number of imidazole rings is 1. The zero-order chi connectivity index (χ0) is 14.3. The lowest BCUT2D eigenvalue weighted by atomic mass is 10.2. The third-order valence-electron chi connectivity index (χ3n) is 3.09. The molecule has 5 heteroatoms. The van der Waals surface area contributed by atoms with Crippen LogP contribution in [-0.2, 0) is 0 Å². The van der Waals surface area contributed by atoms with Crippen molar-refractivity contribution in [3.63, 3.8) is 0 Å². The van der Waals surface area contributed by atoms with Gasteiger partial charge in [0, 0.05) is 8.04 Å². The fraction of sp³-hybridized carbons (Fsp3) is 0.133. The van der Waals surface area contributed by atoms with Crippen molar-refractivity contribution in [3.8, 4) is 5.69 Å². The number of nitrogens with zero attached hydrogens (tertiary/aromatic N) is 2. The first-order valence-corrected chi connectivity index (χ1v) is 8.45. The van der Waals surface area contributed by atoms with Gasteiger partial charge in [0.2, 0.25) is 0 Å². The molecule has 2 nitrogen and oxygen atoms in total. The largest absolute Gasteiger partial charge is 0.294 e. The summed E-state index contributed by atoms with van der Waals surface area (Å²) in [7, 11) is 0. The van der Waals surface area contributed by atoms with Crippen LogP contribution in [0.1, 0.15) is 18.1 Å². The predicted octanol–water partition coefficient (Wildman–Crippen LogP) is 5.69. The molecule has 0 saturated heterocycles. The predicted molar refractivity (Wildman–Crippen MR) is 95.8 cm³/mol. The molecule has 0 saturated carbocycles. The standard InChI is InChI=1S/C15H11BrClIN2/c1-9(17)15-19-12-8-10(16)6-7-14(12)20(15)13-5-3-2-4-11(13)18/h2-9H,1H3. The van der Waals surface area contributed by atoms with Crippen LogP contribution in [0.25, 0.3) is 16.7 Å². The molecule has 1 aromatic heterocycles. The Balaban J connectivity index is 2.38. The number of alkyl halides is 1.